The Balaban J connectivity index is 1.58. The molecular weight excluding hydrogens is 396 g/mol. The van der Waals surface area contributed by atoms with Gasteiger partial charge in [-0.15, -0.1) is 0 Å². The highest BCUT2D eigenvalue weighted by atomic mass is 32.2. The molecule has 1 aliphatic heterocycles. The van der Waals surface area contributed by atoms with Crippen molar-refractivity contribution in [2.75, 3.05) is 39.5 Å². The summed E-state index contributed by atoms with van der Waals surface area (Å²) in [4.78, 5) is 12.4. The summed E-state index contributed by atoms with van der Waals surface area (Å²) >= 11 is 0. The summed E-state index contributed by atoms with van der Waals surface area (Å²) in [5.41, 5.74) is 0.832. The first-order valence-electron chi connectivity index (χ1n) is 9.46. The van der Waals surface area contributed by atoms with Crippen LogP contribution in [-0.4, -0.2) is 67.9 Å². The number of benzene rings is 1. The minimum atomic E-state index is -3.67. The Bertz CT molecular complexity index is 937. The van der Waals surface area contributed by atoms with E-state index >= 15 is 0 Å². The molecule has 0 spiro atoms. The number of rotatable bonds is 8. The highest BCUT2D eigenvalue weighted by Crippen LogP contribution is 2.24. The van der Waals surface area contributed by atoms with Gasteiger partial charge in [0, 0.05) is 13.1 Å². The Kier molecular flexibility index (Phi) is 6.88. The SMILES string of the molecule is Cc1nn(CC(=O)NCCOc2ccccc2)c(C)c1S(=O)(=O)N1CCOCC1. The van der Waals surface area contributed by atoms with Gasteiger partial charge in [0.2, 0.25) is 15.9 Å². The summed E-state index contributed by atoms with van der Waals surface area (Å²) < 4.78 is 39.5. The zero-order valence-electron chi connectivity index (χ0n) is 16.6. The van der Waals surface area contributed by atoms with Crippen LogP contribution in [0.2, 0.25) is 0 Å². The van der Waals surface area contributed by atoms with Crippen molar-refractivity contribution in [3.63, 3.8) is 0 Å². The summed E-state index contributed by atoms with van der Waals surface area (Å²) in [5.74, 6) is 0.473. The topological polar surface area (TPSA) is 103 Å². The molecule has 1 amide bonds. The molecule has 29 heavy (non-hydrogen) atoms. The second-order valence-corrected chi connectivity index (χ2v) is 8.56. The number of nitrogens with zero attached hydrogens (tertiary/aromatic N) is 3. The number of aromatic nitrogens is 2. The lowest BCUT2D eigenvalue weighted by Gasteiger charge is -2.26. The molecule has 2 heterocycles. The third kappa shape index (κ3) is 5.14. The second kappa shape index (κ2) is 9.38. The second-order valence-electron chi connectivity index (χ2n) is 6.69. The number of hydrogen-bond donors (Lipinski definition) is 1. The molecule has 10 heteroatoms. The van der Waals surface area contributed by atoms with Crippen LogP contribution in [0.3, 0.4) is 0 Å². The number of hydrogen-bond acceptors (Lipinski definition) is 6. The molecule has 1 saturated heterocycles. The summed E-state index contributed by atoms with van der Waals surface area (Å²) in [7, 11) is -3.67. The number of nitrogens with one attached hydrogen (secondary N) is 1. The maximum absolute atomic E-state index is 13.0. The van der Waals surface area contributed by atoms with Crippen LogP contribution in [0.25, 0.3) is 0 Å². The van der Waals surface area contributed by atoms with E-state index in [2.05, 4.69) is 10.4 Å². The van der Waals surface area contributed by atoms with Gasteiger partial charge in [-0.1, -0.05) is 18.2 Å². The smallest absolute Gasteiger partial charge is 0.246 e. The molecule has 0 aliphatic carbocycles. The zero-order chi connectivity index (χ0) is 20.9. The number of amides is 1. The Morgan fingerprint density at radius 3 is 2.59 bits per heavy atom. The van der Waals surface area contributed by atoms with Crippen molar-refractivity contribution in [1.82, 2.24) is 19.4 Å². The highest BCUT2D eigenvalue weighted by molar-refractivity contribution is 7.89. The van der Waals surface area contributed by atoms with E-state index in [1.807, 2.05) is 30.3 Å². The fourth-order valence-corrected chi connectivity index (χ4v) is 4.97. The molecule has 2 aromatic rings. The third-order valence-corrected chi connectivity index (χ3v) is 6.76. The number of para-hydroxylation sites is 1. The fraction of sp³-hybridized carbons (Fsp3) is 0.474. The Hall–Kier alpha value is -2.43. The quantitative estimate of drug-likeness (QED) is 0.629. The van der Waals surface area contributed by atoms with Gasteiger partial charge >= 0.3 is 0 Å². The van der Waals surface area contributed by atoms with Gasteiger partial charge in [-0.25, -0.2) is 8.42 Å². The van der Waals surface area contributed by atoms with E-state index in [0.717, 1.165) is 5.75 Å². The van der Waals surface area contributed by atoms with Crippen LogP contribution >= 0.6 is 0 Å². The monoisotopic (exact) mass is 422 g/mol. The first-order valence-corrected chi connectivity index (χ1v) is 10.9. The maximum Gasteiger partial charge on any atom is 0.246 e. The summed E-state index contributed by atoms with van der Waals surface area (Å²) in [6, 6.07) is 9.33. The van der Waals surface area contributed by atoms with Crippen molar-refractivity contribution in [3.05, 3.63) is 41.7 Å². The molecule has 1 aliphatic rings. The van der Waals surface area contributed by atoms with Gasteiger partial charge < -0.3 is 14.8 Å². The lowest BCUT2D eigenvalue weighted by atomic mass is 10.3. The number of carbonyl (C=O) groups is 1. The van der Waals surface area contributed by atoms with Gasteiger partial charge in [-0.2, -0.15) is 9.40 Å². The van der Waals surface area contributed by atoms with Crippen molar-refractivity contribution in [2.45, 2.75) is 25.3 Å². The molecule has 1 fully saturated rings. The standard InChI is InChI=1S/C19H26N4O5S/c1-15-19(29(25,26)22-9-12-27-13-10-22)16(2)23(21-15)14-18(24)20-8-11-28-17-6-4-3-5-7-17/h3-7H,8-14H2,1-2H3,(H,20,24). The van der Waals surface area contributed by atoms with E-state index in [1.165, 1.54) is 8.99 Å². The summed E-state index contributed by atoms with van der Waals surface area (Å²) in [6.07, 6.45) is 0. The molecule has 0 bridgehead atoms. The lowest BCUT2D eigenvalue weighted by Crippen LogP contribution is -2.41. The third-order valence-electron chi connectivity index (χ3n) is 4.61. The molecular formula is C19H26N4O5S. The molecule has 158 valence electrons. The van der Waals surface area contributed by atoms with Crippen molar-refractivity contribution < 1.29 is 22.7 Å². The zero-order valence-corrected chi connectivity index (χ0v) is 17.4. The van der Waals surface area contributed by atoms with Crippen LogP contribution in [0.15, 0.2) is 35.2 Å². The molecule has 1 N–H and O–H groups in total. The first kappa shape index (κ1) is 21.3. The van der Waals surface area contributed by atoms with E-state index in [0.29, 0.717) is 50.8 Å². The van der Waals surface area contributed by atoms with Crippen molar-refractivity contribution in [2.24, 2.45) is 0 Å². The number of morpholine rings is 1. The summed E-state index contributed by atoms with van der Waals surface area (Å²) in [6.45, 7) is 5.30. The maximum atomic E-state index is 13.0. The number of carbonyl (C=O) groups excluding carboxylic acids is 1. The minimum absolute atomic E-state index is 0.0589. The van der Waals surface area contributed by atoms with Gasteiger partial charge in [0.15, 0.2) is 0 Å². The molecule has 0 atom stereocenters. The molecule has 0 radical (unpaired) electrons. The van der Waals surface area contributed by atoms with E-state index in [-0.39, 0.29) is 17.3 Å². The van der Waals surface area contributed by atoms with Gasteiger partial charge in [0.25, 0.3) is 0 Å². The minimum Gasteiger partial charge on any atom is -0.492 e. The van der Waals surface area contributed by atoms with Crippen LogP contribution in [0, 0.1) is 13.8 Å². The normalized spacial score (nSPS) is 15.2. The molecule has 1 aromatic heterocycles. The van der Waals surface area contributed by atoms with Crippen LogP contribution in [0.5, 0.6) is 5.75 Å². The molecule has 3 rings (SSSR count). The van der Waals surface area contributed by atoms with Crippen molar-refractivity contribution >= 4 is 15.9 Å². The van der Waals surface area contributed by atoms with Crippen molar-refractivity contribution in [1.29, 1.82) is 0 Å². The van der Waals surface area contributed by atoms with Gasteiger partial charge in [-0.05, 0) is 26.0 Å². The average molecular weight is 423 g/mol. The molecule has 0 unspecified atom stereocenters. The number of ether oxygens (including phenoxy) is 2. The van der Waals surface area contributed by atoms with Crippen LogP contribution in [0.1, 0.15) is 11.4 Å². The first-order chi connectivity index (χ1) is 13.9. The predicted molar refractivity (Wildman–Crippen MR) is 106 cm³/mol. The number of aryl methyl sites for hydroxylation is 1. The average Bonchev–Trinajstić information content (AvgIpc) is 3.00. The Labute approximate surface area is 170 Å². The lowest BCUT2D eigenvalue weighted by molar-refractivity contribution is -0.122. The fourth-order valence-electron chi connectivity index (χ4n) is 3.19. The van der Waals surface area contributed by atoms with Gasteiger partial charge in [0.05, 0.1) is 31.1 Å². The van der Waals surface area contributed by atoms with Gasteiger partial charge in [-0.3, -0.25) is 9.48 Å². The Morgan fingerprint density at radius 1 is 1.21 bits per heavy atom. The Morgan fingerprint density at radius 2 is 1.90 bits per heavy atom. The van der Waals surface area contributed by atoms with E-state index in [1.54, 1.807) is 13.8 Å². The largest absolute Gasteiger partial charge is 0.492 e. The van der Waals surface area contributed by atoms with Crippen molar-refractivity contribution in [3.8, 4) is 5.75 Å². The summed E-state index contributed by atoms with van der Waals surface area (Å²) in [5, 5.41) is 7.03. The van der Waals surface area contributed by atoms with E-state index < -0.39 is 10.0 Å². The van der Waals surface area contributed by atoms with Crippen LogP contribution in [0.4, 0.5) is 0 Å². The molecule has 1 aromatic carbocycles. The predicted octanol–water partition coefficient (Wildman–Crippen LogP) is 0.716. The van der Waals surface area contributed by atoms with E-state index in [4.69, 9.17) is 9.47 Å². The number of sulfonamides is 1. The molecule has 0 saturated carbocycles. The van der Waals surface area contributed by atoms with Crippen LogP contribution < -0.4 is 10.1 Å². The van der Waals surface area contributed by atoms with E-state index in [9.17, 15) is 13.2 Å². The van der Waals surface area contributed by atoms with Crippen LogP contribution in [-0.2, 0) is 26.1 Å². The van der Waals surface area contributed by atoms with Gasteiger partial charge in [0.1, 0.15) is 23.8 Å². The molecule has 9 nitrogen and oxygen atoms in total. The highest BCUT2D eigenvalue weighted by Gasteiger charge is 2.32.